The van der Waals surface area contributed by atoms with Crippen LogP contribution >= 0.6 is 0 Å². The van der Waals surface area contributed by atoms with Gasteiger partial charge in [-0.3, -0.25) is 19.8 Å². The maximum absolute atomic E-state index is 12.2. The lowest BCUT2D eigenvalue weighted by Crippen LogP contribution is -2.35. The molecule has 0 unspecified atom stereocenters. The van der Waals surface area contributed by atoms with Crippen molar-refractivity contribution in [2.45, 2.75) is 32.9 Å². The lowest BCUT2D eigenvalue weighted by molar-refractivity contribution is -0.192. The Morgan fingerprint density at radius 3 is 2.44 bits per heavy atom. The van der Waals surface area contributed by atoms with Gasteiger partial charge in [-0.2, -0.15) is 13.2 Å². The summed E-state index contributed by atoms with van der Waals surface area (Å²) in [6.07, 6.45) is -4.30. The minimum atomic E-state index is -5.08. The number of carbonyl (C=O) groups is 2. The Morgan fingerprint density at radius 1 is 1.22 bits per heavy atom. The van der Waals surface area contributed by atoms with E-state index in [9.17, 15) is 22.8 Å². The first kappa shape index (κ1) is 29.9. The Hall–Kier alpha value is -4.14. The van der Waals surface area contributed by atoms with Crippen LogP contribution in [0.3, 0.4) is 0 Å². The quantitative estimate of drug-likeness (QED) is 0.103. The molecule has 0 atom stereocenters. The smallest absolute Gasteiger partial charge is 0.475 e. The molecule has 0 aliphatic heterocycles. The number of aromatic amines is 1. The Kier molecular flexibility index (Phi) is 11.9. The number of hydrogen-bond acceptors (Lipinski definition) is 7. The summed E-state index contributed by atoms with van der Waals surface area (Å²) < 4.78 is 31.7. The van der Waals surface area contributed by atoms with Crippen LogP contribution in [0.1, 0.15) is 22.5 Å². The number of carbonyl (C=O) groups excluding carboxylic acids is 1. The van der Waals surface area contributed by atoms with Gasteiger partial charge < -0.3 is 26.5 Å². The van der Waals surface area contributed by atoms with Crippen LogP contribution in [0.15, 0.2) is 29.1 Å². The van der Waals surface area contributed by atoms with Crippen LogP contribution < -0.4 is 27.4 Å². The number of carboxylic acids is 1. The number of H-pyrrole nitrogens is 1. The number of benzene rings is 1. The molecule has 2 rings (SSSR count). The summed E-state index contributed by atoms with van der Waals surface area (Å²) in [7, 11) is 0. The predicted molar refractivity (Wildman–Crippen MR) is 124 cm³/mol. The molecular formula is C21H28F3N7O5. The Bertz CT molecular complexity index is 1110. The van der Waals surface area contributed by atoms with Crippen LogP contribution in [0.25, 0.3) is 0 Å². The third-order valence-electron chi connectivity index (χ3n) is 4.42. The number of hydrogen-bond donors (Lipinski definition) is 7. The minimum absolute atomic E-state index is 0.0230. The molecule has 0 fully saturated rings. The molecular weight excluding hydrogens is 487 g/mol. The third-order valence-corrected chi connectivity index (χ3v) is 4.42. The fraction of sp³-hybridized carbons (Fsp3) is 0.381. The van der Waals surface area contributed by atoms with Crippen molar-refractivity contribution in [1.29, 1.82) is 5.41 Å². The number of halogens is 3. The van der Waals surface area contributed by atoms with Crippen LogP contribution in [0.5, 0.6) is 0 Å². The molecule has 198 valence electrons. The monoisotopic (exact) mass is 515 g/mol. The number of aryl methyl sites for hydroxylation is 2. The number of anilines is 1. The number of amides is 1. The highest BCUT2D eigenvalue weighted by Gasteiger charge is 2.38. The van der Waals surface area contributed by atoms with Crippen LogP contribution in [-0.4, -0.2) is 58.8 Å². The van der Waals surface area contributed by atoms with E-state index >= 15 is 0 Å². The number of nitrogens with one attached hydrogen (secondary N) is 5. The van der Waals surface area contributed by atoms with Crippen molar-refractivity contribution in [1.82, 2.24) is 20.8 Å². The predicted octanol–water partition coefficient (Wildman–Crippen LogP) is 0.748. The lowest BCUT2D eigenvalue weighted by Gasteiger charge is -2.11. The number of aliphatic carboxylic acids is 1. The van der Waals surface area contributed by atoms with Gasteiger partial charge >= 0.3 is 12.1 Å². The number of aromatic nitrogens is 2. The topological polar surface area (TPSA) is 195 Å². The number of guanidine groups is 1. The standard InChI is InChI=1S/C19H27N7O3.C2HF3O2/c1-12-5-3-4-6-14(12)7-8-23-17-18(28)24-13(2)15(25-17)11-16(27)22-9-10-29-26-19(20)21;3-2(4,5)1(6)7/h3-6H,7-11H2,1-2H3,(H,22,27)(H,23,25)(H,24,28)(H4,20,21,26);(H,6,7). The number of carboxylic acid groups (broad SMARTS) is 1. The van der Waals surface area contributed by atoms with Gasteiger partial charge in [-0.1, -0.05) is 24.3 Å². The summed E-state index contributed by atoms with van der Waals surface area (Å²) in [4.78, 5) is 45.1. The molecule has 2 aromatic rings. The molecule has 0 aliphatic carbocycles. The molecule has 0 saturated heterocycles. The fourth-order valence-corrected chi connectivity index (χ4v) is 2.65. The first-order chi connectivity index (χ1) is 16.8. The fourth-order valence-electron chi connectivity index (χ4n) is 2.65. The van der Waals surface area contributed by atoms with E-state index in [0.29, 0.717) is 17.9 Å². The van der Waals surface area contributed by atoms with Crippen LogP contribution in [0, 0.1) is 19.3 Å². The van der Waals surface area contributed by atoms with Gasteiger partial charge in [-0.05, 0) is 31.4 Å². The van der Waals surface area contributed by atoms with Crippen molar-refractivity contribution in [2.24, 2.45) is 5.73 Å². The molecule has 0 saturated carbocycles. The molecule has 15 heteroatoms. The Balaban J connectivity index is 0.000000809. The highest BCUT2D eigenvalue weighted by molar-refractivity contribution is 5.78. The second kappa shape index (κ2) is 14.3. The third kappa shape index (κ3) is 11.3. The van der Waals surface area contributed by atoms with Gasteiger partial charge in [0.1, 0.15) is 0 Å². The minimum Gasteiger partial charge on any atom is -0.475 e. The van der Waals surface area contributed by atoms with Crippen molar-refractivity contribution in [3.63, 3.8) is 0 Å². The lowest BCUT2D eigenvalue weighted by atomic mass is 10.1. The summed E-state index contributed by atoms with van der Waals surface area (Å²) >= 11 is 0. The van der Waals surface area contributed by atoms with Crippen molar-refractivity contribution in [3.05, 3.63) is 57.1 Å². The van der Waals surface area contributed by atoms with Gasteiger partial charge in [-0.15, -0.1) is 0 Å². The number of nitrogens with two attached hydrogens (primary N) is 1. The Morgan fingerprint density at radius 2 is 1.86 bits per heavy atom. The highest BCUT2D eigenvalue weighted by atomic mass is 19.4. The van der Waals surface area contributed by atoms with E-state index in [1.807, 2.05) is 25.1 Å². The zero-order valence-electron chi connectivity index (χ0n) is 19.6. The van der Waals surface area contributed by atoms with Crippen molar-refractivity contribution in [3.8, 4) is 0 Å². The van der Waals surface area contributed by atoms with E-state index in [1.165, 1.54) is 11.1 Å². The average molecular weight is 515 g/mol. The second-order valence-corrected chi connectivity index (χ2v) is 7.28. The summed E-state index contributed by atoms with van der Waals surface area (Å²) in [5.41, 5.74) is 10.4. The number of hydroxylamine groups is 1. The van der Waals surface area contributed by atoms with E-state index in [4.69, 9.17) is 25.9 Å². The van der Waals surface area contributed by atoms with Gasteiger partial charge in [-0.25, -0.2) is 15.3 Å². The SMILES string of the molecule is Cc1ccccc1CCNc1nc(CC(=O)NCCONC(=N)N)c(C)[nH]c1=O.O=C(O)C(F)(F)F. The molecule has 0 bridgehead atoms. The van der Waals surface area contributed by atoms with Gasteiger partial charge in [0, 0.05) is 18.8 Å². The van der Waals surface area contributed by atoms with Gasteiger partial charge in [0.05, 0.1) is 18.7 Å². The Labute approximate surface area is 203 Å². The summed E-state index contributed by atoms with van der Waals surface area (Å²) in [6, 6.07) is 8.07. The average Bonchev–Trinajstić information content (AvgIpc) is 2.77. The first-order valence-corrected chi connectivity index (χ1v) is 10.5. The molecule has 12 nitrogen and oxygen atoms in total. The number of nitrogens with zero attached hydrogens (tertiary/aromatic N) is 1. The maximum atomic E-state index is 12.2. The molecule has 1 aromatic heterocycles. The number of rotatable bonds is 10. The van der Waals surface area contributed by atoms with E-state index in [1.54, 1.807) is 6.92 Å². The summed E-state index contributed by atoms with van der Waals surface area (Å²) in [6.45, 7) is 4.69. The molecule has 0 aliphatic rings. The maximum Gasteiger partial charge on any atom is 0.490 e. The van der Waals surface area contributed by atoms with Crippen molar-refractivity contribution >= 4 is 23.7 Å². The molecule has 8 N–H and O–H groups in total. The van der Waals surface area contributed by atoms with Crippen molar-refractivity contribution < 1.29 is 32.7 Å². The first-order valence-electron chi connectivity index (χ1n) is 10.5. The van der Waals surface area contributed by atoms with Gasteiger partial charge in [0.2, 0.25) is 11.9 Å². The molecule has 1 heterocycles. The number of alkyl halides is 3. The van der Waals surface area contributed by atoms with Crippen LogP contribution in [-0.2, 0) is 27.3 Å². The largest absolute Gasteiger partial charge is 0.490 e. The van der Waals surface area contributed by atoms with Crippen molar-refractivity contribution in [2.75, 3.05) is 25.0 Å². The highest BCUT2D eigenvalue weighted by Crippen LogP contribution is 2.13. The normalized spacial score (nSPS) is 10.6. The van der Waals surface area contributed by atoms with E-state index in [2.05, 4.69) is 32.1 Å². The van der Waals surface area contributed by atoms with Gasteiger partial charge in [0.15, 0.2) is 5.82 Å². The molecule has 1 aromatic carbocycles. The van der Waals surface area contributed by atoms with E-state index < -0.39 is 12.1 Å². The van der Waals surface area contributed by atoms with Gasteiger partial charge in [0.25, 0.3) is 5.56 Å². The van der Waals surface area contributed by atoms with Crippen LogP contribution in [0.2, 0.25) is 0 Å². The summed E-state index contributed by atoms with van der Waals surface area (Å²) in [5.74, 6) is -3.13. The van der Waals surface area contributed by atoms with E-state index in [0.717, 1.165) is 6.42 Å². The van der Waals surface area contributed by atoms with E-state index in [-0.39, 0.29) is 42.8 Å². The zero-order chi connectivity index (χ0) is 27.3. The zero-order valence-corrected chi connectivity index (χ0v) is 19.6. The summed E-state index contributed by atoms with van der Waals surface area (Å²) in [5, 5.41) is 19.8. The molecule has 1 amide bonds. The molecule has 36 heavy (non-hydrogen) atoms. The molecule has 0 radical (unpaired) electrons. The van der Waals surface area contributed by atoms with Crippen LogP contribution in [0.4, 0.5) is 19.0 Å². The second-order valence-electron chi connectivity index (χ2n) is 7.28. The molecule has 0 spiro atoms.